The zero-order valence-corrected chi connectivity index (χ0v) is 19.0. The van der Waals surface area contributed by atoms with Crippen LogP contribution < -0.4 is 5.32 Å². The fourth-order valence-corrected chi connectivity index (χ4v) is 6.83. The molecule has 0 spiro atoms. The molecule has 4 rings (SSSR count). The summed E-state index contributed by atoms with van der Waals surface area (Å²) in [6, 6.07) is 9.07. The van der Waals surface area contributed by atoms with E-state index in [1.54, 1.807) is 11.3 Å². The average Bonchev–Trinajstić information content (AvgIpc) is 3.12. The van der Waals surface area contributed by atoms with Gasteiger partial charge in [0, 0.05) is 18.0 Å². The Morgan fingerprint density at radius 1 is 1.27 bits per heavy atom. The van der Waals surface area contributed by atoms with Crippen molar-refractivity contribution in [3.05, 3.63) is 46.5 Å². The number of anilines is 1. The van der Waals surface area contributed by atoms with Gasteiger partial charge in [0.2, 0.25) is 5.91 Å². The first-order chi connectivity index (χ1) is 14.4. The zero-order chi connectivity index (χ0) is 21.1. The van der Waals surface area contributed by atoms with Gasteiger partial charge in [-0.3, -0.25) is 9.69 Å². The van der Waals surface area contributed by atoms with Crippen molar-refractivity contribution in [1.82, 2.24) is 9.88 Å². The van der Waals surface area contributed by atoms with Crippen molar-refractivity contribution in [1.29, 1.82) is 0 Å². The van der Waals surface area contributed by atoms with Gasteiger partial charge in [0.25, 0.3) is 0 Å². The Kier molecular flexibility index (Phi) is 6.55. The van der Waals surface area contributed by atoms with Gasteiger partial charge in [0.1, 0.15) is 6.04 Å². The minimum Gasteiger partial charge on any atom is -0.300 e. The van der Waals surface area contributed by atoms with Gasteiger partial charge in [-0.25, -0.2) is 13.4 Å². The molecular formula is C22H29N3O3S2. The van der Waals surface area contributed by atoms with E-state index in [2.05, 4.69) is 12.2 Å². The van der Waals surface area contributed by atoms with Gasteiger partial charge in [0.15, 0.2) is 15.0 Å². The largest absolute Gasteiger partial charge is 0.300 e. The lowest BCUT2D eigenvalue weighted by Gasteiger charge is -2.33. The molecule has 1 aliphatic carbocycles. The lowest BCUT2D eigenvalue weighted by molar-refractivity contribution is -0.121. The van der Waals surface area contributed by atoms with E-state index < -0.39 is 15.9 Å². The van der Waals surface area contributed by atoms with E-state index in [1.165, 1.54) is 24.1 Å². The second-order valence-corrected chi connectivity index (χ2v) is 11.7. The van der Waals surface area contributed by atoms with Crippen molar-refractivity contribution in [2.75, 3.05) is 29.9 Å². The molecule has 1 amide bonds. The monoisotopic (exact) mass is 447 g/mol. The van der Waals surface area contributed by atoms with Crippen LogP contribution in [0.3, 0.4) is 0 Å². The van der Waals surface area contributed by atoms with Crippen LogP contribution in [0, 0.1) is 5.92 Å². The van der Waals surface area contributed by atoms with Crippen molar-refractivity contribution in [3.8, 4) is 0 Å². The molecule has 6 nitrogen and oxygen atoms in total. The number of hydrogen-bond donors (Lipinski definition) is 1. The maximum atomic E-state index is 13.3. The topological polar surface area (TPSA) is 79.4 Å². The van der Waals surface area contributed by atoms with Crippen molar-refractivity contribution >= 4 is 32.2 Å². The Bertz CT molecular complexity index is 974. The van der Waals surface area contributed by atoms with Crippen LogP contribution in [-0.2, 0) is 27.5 Å². The molecular weight excluding hydrogens is 418 g/mol. The Labute approximate surface area is 182 Å². The summed E-state index contributed by atoms with van der Waals surface area (Å²) in [6.07, 6.45) is 5.66. The number of fused-ring (bicyclic) bond motifs is 1. The summed E-state index contributed by atoms with van der Waals surface area (Å²) in [5, 5.41) is 3.70. The maximum absolute atomic E-state index is 13.3. The third-order valence-electron chi connectivity index (χ3n) is 6.08. The van der Waals surface area contributed by atoms with Crippen LogP contribution in [0.5, 0.6) is 0 Å². The number of nitrogens with zero attached hydrogens (tertiary/aromatic N) is 2. The lowest BCUT2D eigenvalue weighted by atomic mass is 9.88. The molecule has 2 aromatic rings. The normalized spacial score (nSPS) is 22.2. The molecule has 1 N–H and O–H groups in total. The second-order valence-electron chi connectivity index (χ2n) is 8.28. The fourth-order valence-electron chi connectivity index (χ4n) is 4.47. The Balaban J connectivity index is 1.52. The molecule has 1 fully saturated rings. The predicted octanol–water partition coefficient (Wildman–Crippen LogP) is 3.46. The maximum Gasteiger partial charge on any atom is 0.248 e. The summed E-state index contributed by atoms with van der Waals surface area (Å²) in [7, 11) is -3.01. The van der Waals surface area contributed by atoms with Gasteiger partial charge in [-0.1, -0.05) is 50.1 Å². The molecule has 0 saturated carbocycles. The van der Waals surface area contributed by atoms with Crippen molar-refractivity contribution in [2.45, 2.75) is 45.1 Å². The minimum atomic E-state index is -3.01. The van der Waals surface area contributed by atoms with Crippen LogP contribution in [0.2, 0.25) is 0 Å². The number of carbonyl (C=O) groups is 1. The summed E-state index contributed by atoms with van der Waals surface area (Å²) >= 11 is 1.59. The molecule has 2 heterocycles. The number of hydrogen-bond acceptors (Lipinski definition) is 6. The molecule has 1 aliphatic heterocycles. The third kappa shape index (κ3) is 4.92. The van der Waals surface area contributed by atoms with Crippen LogP contribution in [0.4, 0.5) is 5.13 Å². The van der Waals surface area contributed by atoms with Crippen molar-refractivity contribution in [3.63, 3.8) is 0 Å². The first-order valence-electron chi connectivity index (χ1n) is 10.7. The Morgan fingerprint density at radius 2 is 2.00 bits per heavy atom. The molecule has 1 aromatic heterocycles. The predicted molar refractivity (Wildman–Crippen MR) is 121 cm³/mol. The van der Waals surface area contributed by atoms with Gasteiger partial charge < -0.3 is 5.32 Å². The second kappa shape index (κ2) is 9.16. The highest BCUT2D eigenvalue weighted by atomic mass is 32.2. The number of rotatable bonds is 6. The van der Waals surface area contributed by atoms with Crippen LogP contribution in [0.1, 0.15) is 48.4 Å². The molecule has 8 heteroatoms. The van der Waals surface area contributed by atoms with E-state index in [-0.39, 0.29) is 17.4 Å². The SMILES string of the molecule is CCCC1CCc2nc(NC(=O)C(c3ccccc3)N3CCS(=O)(=O)CC3)sc2C1. The number of aryl methyl sites for hydroxylation is 1. The number of amides is 1. The van der Waals surface area contributed by atoms with Crippen molar-refractivity contribution < 1.29 is 13.2 Å². The molecule has 0 bridgehead atoms. The zero-order valence-electron chi connectivity index (χ0n) is 17.3. The molecule has 0 radical (unpaired) electrons. The summed E-state index contributed by atoms with van der Waals surface area (Å²) in [6.45, 7) is 2.95. The number of carbonyl (C=O) groups excluding carboxylic acids is 1. The Hall–Kier alpha value is -1.77. The number of thiazole rings is 1. The highest BCUT2D eigenvalue weighted by Crippen LogP contribution is 2.35. The van der Waals surface area contributed by atoms with Crippen LogP contribution in [0.15, 0.2) is 30.3 Å². The summed E-state index contributed by atoms with van der Waals surface area (Å²) in [5.74, 6) is 0.762. The quantitative estimate of drug-likeness (QED) is 0.734. The van der Waals surface area contributed by atoms with Gasteiger partial charge in [-0.2, -0.15) is 0 Å². The molecule has 1 aromatic carbocycles. The third-order valence-corrected chi connectivity index (χ3v) is 8.72. The van der Waals surface area contributed by atoms with Crippen molar-refractivity contribution in [2.24, 2.45) is 5.92 Å². The lowest BCUT2D eigenvalue weighted by Crippen LogP contribution is -2.46. The number of nitrogens with one attached hydrogen (secondary N) is 1. The standard InChI is InChI=1S/C22H29N3O3S2/c1-2-6-16-9-10-18-19(15-16)29-22(23-18)24-21(26)20(17-7-4-3-5-8-17)25-11-13-30(27,28)14-12-25/h3-5,7-8,16,20H,2,6,9-15H2,1H3,(H,23,24,26). The van der Waals surface area contributed by atoms with Gasteiger partial charge >= 0.3 is 0 Å². The van der Waals surface area contributed by atoms with Gasteiger partial charge in [-0.15, -0.1) is 11.3 Å². The van der Waals surface area contributed by atoms with E-state index in [9.17, 15) is 13.2 Å². The molecule has 1 saturated heterocycles. The number of benzene rings is 1. The molecule has 2 atom stereocenters. The number of sulfone groups is 1. The minimum absolute atomic E-state index is 0.0912. The van der Waals surface area contributed by atoms with Crippen LogP contribution in [0.25, 0.3) is 0 Å². The smallest absolute Gasteiger partial charge is 0.248 e. The molecule has 2 unspecified atom stereocenters. The summed E-state index contributed by atoms with van der Waals surface area (Å²) in [5.41, 5.74) is 2.00. The first kappa shape index (κ1) is 21.5. The fraction of sp³-hybridized carbons (Fsp3) is 0.545. The molecule has 30 heavy (non-hydrogen) atoms. The first-order valence-corrected chi connectivity index (χ1v) is 13.4. The van der Waals surface area contributed by atoms with E-state index in [4.69, 9.17) is 4.98 Å². The highest BCUT2D eigenvalue weighted by molar-refractivity contribution is 7.91. The van der Waals surface area contributed by atoms with E-state index in [0.29, 0.717) is 18.2 Å². The summed E-state index contributed by atoms with van der Waals surface area (Å²) < 4.78 is 23.7. The van der Waals surface area contributed by atoms with Crippen LogP contribution >= 0.6 is 11.3 Å². The van der Waals surface area contributed by atoms with E-state index in [1.807, 2.05) is 35.2 Å². The van der Waals surface area contributed by atoms with Crippen LogP contribution in [-0.4, -0.2) is 48.8 Å². The van der Waals surface area contributed by atoms with E-state index in [0.717, 1.165) is 30.0 Å². The summed E-state index contributed by atoms with van der Waals surface area (Å²) in [4.78, 5) is 21.3. The Morgan fingerprint density at radius 3 is 2.70 bits per heavy atom. The van der Waals surface area contributed by atoms with Gasteiger partial charge in [0.05, 0.1) is 17.2 Å². The number of aromatic nitrogens is 1. The molecule has 2 aliphatic rings. The molecule has 162 valence electrons. The highest BCUT2D eigenvalue weighted by Gasteiger charge is 2.33. The van der Waals surface area contributed by atoms with E-state index >= 15 is 0 Å². The van der Waals surface area contributed by atoms with Gasteiger partial charge in [-0.05, 0) is 30.7 Å². The average molecular weight is 448 g/mol.